The van der Waals surface area contributed by atoms with Crippen LogP contribution in [0.5, 0.6) is 5.75 Å². The van der Waals surface area contributed by atoms with Crippen LogP contribution in [-0.2, 0) is 0 Å². The topological polar surface area (TPSA) is 35.2 Å². The summed E-state index contributed by atoms with van der Waals surface area (Å²) in [7, 11) is 0. The molecule has 2 N–H and O–H groups in total. The molecule has 0 aromatic heterocycles. The van der Waals surface area contributed by atoms with E-state index < -0.39 is 0 Å². The van der Waals surface area contributed by atoms with E-state index in [4.69, 9.17) is 10.5 Å². The van der Waals surface area contributed by atoms with Crippen molar-refractivity contribution in [2.45, 2.75) is 49.2 Å². The van der Waals surface area contributed by atoms with E-state index in [0.717, 1.165) is 11.3 Å². The molecule has 0 amide bonds. The van der Waals surface area contributed by atoms with Crippen LogP contribution in [0, 0.1) is 5.82 Å². The summed E-state index contributed by atoms with van der Waals surface area (Å²) in [5.74, 6) is -0.0386. The number of thioether (sulfide) groups is 1. The molecule has 1 aliphatic rings. The third kappa shape index (κ3) is 3.31. The summed E-state index contributed by atoms with van der Waals surface area (Å²) < 4.78 is 19.1. The third-order valence-electron chi connectivity index (χ3n) is 3.12. The van der Waals surface area contributed by atoms with Gasteiger partial charge in [-0.05, 0) is 25.3 Å². The summed E-state index contributed by atoms with van der Waals surface area (Å²) >= 11 is 1.76. The fourth-order valence-electron chi connectivity index (χ4n) is 2.16. The maximum absolute atomic E-state index is 13.7. The van der Waals surface area contributed by atoms with Gasteiger partial charge in [-0.3, -0.25) is 0 Å². The molecule has 1 aliphatic carbocycles. The van der Waals surface area contributed by atoms with Gasteiger partial charge in [0, 0.05) is 21.9 Å². The zero-order valence-electron chi connectivity index (χ0n) is 10.7. The fraction of sp³-hybridized carbons (Fsp3) is 0.571. The molecule has 2 nitrogen and oxygen atoms in total. The van der Waals surface area contributed by atoms with Crippen LogP contribution in [0.3, 0.4) is 0 Å². The van der Waals surface area contributed by atoms with Crippen LogP contribution in [0.2, 0.25) is 0 Å². The molecule has 0 bridgehead atoms. The highest BCUT2D eigenvalue weighted by molar-refractivity contribution is 8.00. The van der Waals surface area contributed by atoms with Crippen molar-refractivity contribution in [2.24, 2.45) is 0 Å². The van der Waals surface area contributed by atoms with Crippen molar-refractivity contribution in [2.75, 3.05) is 12.3 Å². The summed E-state index contributed by atoms with van der Waals surface area (Å²) in [5, 5.41) is 0.622. The number of anilines is 1. The van der Waals surface area contributed by atoms with Crippen LogP contribution >= 0.6 is 11.8 Å². The molecule has 0 unspecified atom stereocenters. The molecule has 0 radical (unpaired) electrons. The summed E-state index contributed by atoms with van der Waals surface area (Å²) in [4.78, 5) is 0.953. The SMILES string of the molecule is CCCOc1cc(SC2CCCC2)c(N)cc1F. The lowest BCUT2D eigenvalue weighted by Crippen LogP contribution is -2.01. The minimum Gasteiger partial charge on any atom is -0.490 e. The third-order valence-corrected chi connectivity index (χ3v) is 4.53. The number of nitrogens with two attached hydrogens (primary N) is 1. The molecule has 0 heterocycles. The monoisotopic (exact) mass is 269 g/mol. The first-order valence-corrected chi connectivity index (χ1v) is 7.47. The van der Waals surface area contributed by atoms with Crippen molar-refractivity contribution in [1.29, 1.82) is 0 Å². The van der Waals surface area contributed by atoms with Gasteiger partial charge < -0.3 is 10.5 Å². The first kappa shape index (κ1) is 13.5. The second kappa shape index (κ2) is 6.32. The van der Waals surface area contributed by atoms with Gasteiger partial charge in [0.2, 0.25) is 0 Å². The summed E-state index contributed by atoms with van der Waals surface area (Å²) in [6, 6.07) is 3.13. The Morgan fingerprint density at radius 2 is 2.11 bits per heavy atom. The molecule has 1 aromatic carbocycles. The van der Waals surface area contributed by atoms with Gasteiger partial charge >= 0.3 is 0 Å². The number of benzene rings is 1. The molecule has 18 heavy (non-hydrogen) atoms. The Balaban J connectivity index is 2.12. The Hall–Kier alpha value is -0.900. The van der Waals surface area contributed by atoms with Crippen LogP contribution in [0.4, 0.5) is 10.1 Å². The van der Waals surface area contributed by atoms with Gasteiger partial charge in [0.05, 0.1) is 6.61 Å². The number of hydrogen-bond acceptors (Lipinski definition) is 3. The quantitative estimate of drug-likeness (QED) is 0.812. The van der Waals surface area contributed by atoms with Crippen LogP contribution < -0.4 is 10.5 Å². The minimum atomic E-state index is -0.364. The van der Waals surface area contributed by atoms with Crippen LogP contribution in [-0.4, -0.2) is 11.9 Å². The fourth-order valence-corrected chi connectivity index (χ4v) is 3.46. The van der Waals surface area contributed by atoms with Crippen molar-refractivity contribution in [3.63, 3.8) is 0 Å². The van der Waals surface area contributed by atoms with Crippen molar-refractivity contribution >= 4 is 17.4 Å². The number of hydrogen-bond donors (Lipinski definition) is 1. The Morgan fingerprint density at radius 3 is 2.78 bits per heavy atom. The maximum Gasteiger partial charge on any atom is 0.167 e. The zero-order valence-corrected chi connectivity index (χ0v) is 11.6. The summed E-state index contributed by atoms with van der Waals surface area (Å²) in [5.41, 5.74) is 6.40. The molecule has 1 fully saturated rings. The Labute approximate surface area is 112 Å². The van der Waals surface area contributed by atoms with E-state index in [-0.39, 0.29) is 5.82 Å². The lowest BCUT2D eigenvalue weighted by molar-refractivity contribution is 0.300. The van der Waals surface area contributed by atoms with Crippen molar-refractivity contribution in [3.8, 4) is 5.75 Å². The zero-order chi connectivity index (χ0) is 13.0. The molecule has 1 saturated carbocycles. The standard InChI is InChI=1S/C14H20FNOS/c1-2-7-17-13-9-14(12(16)8-11(13)15)18-10-5-3-4-6-10/h8-10H,2-7,16H2,1H3. The normalized spacial score (nSPS) is 16.1. The highest BCUT2D eigenvalue weighted by Gasteiger charge is 2.18. The van der Waals surface area contributed by atoms with E-state index in [1.54, 1.807) is 17.8 Å². The van der Waals surface area contributed by atoms with Crippen molar-refractivity contribution < 1.29 is 9.13 Å². The summed E-state index contributed by atoms with van der Waals surface area (Å²) in [6.45, 7) is 2.54. The average Bonchev–Trinajstić information content (AvgIpc) is 2.84. The van der Waals surface area contributed by atoms with Gasteiger partial charge in [-0.15, -0.1) is 11.8 Å². The predicted molar refractivity (Wildman–Crippen MR) is 74.7 cm³/mol. The molecular formula is C14H20FNOS. The van der Waals surface area contributed by atoms with E-state index in [0.29, 0.717) is 23.3 Å². The van der Waals surface area contributed by atoms with E-state index in [2.05, 4.69) is 0 Å². The Bertz CT molecular complexity index is 405. The van der Waals surface area contributed by atoms with Gasteiger partial charge in [-0.2, -0.15) is 0 Å². The highest BCUT2D eigenvalue weighted by atomic mass is 32.2. The van der Waals surface area contributed by atoms with Crippen molar-refractivity contribution in [3.05, 3.63) is 17.9 Å². The molecule has 1 aromatic rings. The molecule has 0 spiro atoms. The minimum absolute atomic E-state index is 0.326. The largest absolute Gasteiger partial charge is 0.490 e. The average molecular weight is 269 g/mol. The first-order valence-electron chi connectivity index (χ1n) is 6.59. The molecule has 100 valence electrons. The number of halogens is 1. The number of nitrogen functional groups attached to an aromatic ring is 1. The first-order chi connectivity index (χ1) is 8.70. The lowest BCUT2D eigenvalue weighted by atomic mass is 10.3. The van der Waals surface area contributed by atoms with E-state index in [9.17, 15) is 4.39 Å². The van der Waals surface area contributed by atoms with E-state index in [1.165, 1.54) is 31.7 Å². The summed E-state index contributed by atoms with van der Waals surface area (Å²) in [6.07, 6.45) is 5.91. The number of ether oxygens (including phenoxy) is 1. The number of rotatable bonds is 5. The van der Waals surface area contributed by atoms with Crippen LogP contribution in [0.15, 0.2) is 17.0 Å². The second-order valence-electron chi connectivity index (χ2n) is 4.69. The van der Waals surface area contributed by atoms with Gasteiger partial charge in [0.15, 0.2) is 11.6 Å². The molecular weight excluding hydrogens is 249 g/mol. The predicted octanol–water partition coefficient (Wildman–Crippen LogP) is 4.23. The van der Waals surface area contributed by atoms with E-state index in [1.807, 2.05) is 6.92 Å². The lowest BCUT2D eigenvalue weighted by Gasteiger charge is -2.13. The molecule has 4 heteroatoms. The van der Waals surface area contributed by atoms with Crippen LogP contribution in [0.25, 0.3) is 0 Å². The van der Waals surface area contributed by atoms with Gasteiger partial charge in [-0.25, -0.2) is 4.39 Å². The Kier molecular flexibility index (Phi) is 4.75. The van der Waals surface area contributed by atoms with Crippen molar-refractivity contribution in [1.82, 2.24) is 0 Å². The van der Waals surface area contributed by atoms with Gasteiger partial charge in [-0.1, -0.05) is 19.8 Å². The van der Waals surface area contributed by atoms with Gasteiger partial charge in [0.25, 0.3) is 0 Å². The Morgan fingerprint density at radius 1 is 1.39 bits per heavy atom. The smallest absolute Gasteiger partial charge is 0.167 e. The molecule has 0 saturated heterocycles. The highest BCUT2D eigenvalue weighted by Crippen LogP contribution is 2.39. The van der Waals surface area contributed by atoms with Gasteiger partial charge in [0.1, 0.15) is 0 Å². The van der Waals surface area contributed by atoms with E-state index >= 15 is 0 Å². The molecule has 0 atom stereocenters. The van der Waals surface area contributed by atoms with Crippen LogP contribution in [0.1, 0.15) is 39.0 Å². The molecule has 0 aliphatic heterocycles. The maximum atomic E-state index is 13.7. The second-order valence-corrected chi connectivity index (χ2v) is 6.04. The molecule has 2 rings (SSSR count).